The predicted octanol–water partition coefficient (Wildman–Crippen LogP) is 3.55. The molecule has 2 heterocycles. The summed E-state index contributed by atoms with van der Waals surface area (Å²) in [6.45, 7) is 4.94. The monoisotopic (exact) mass is 293 g/mol. The molecule has 1 aromatic carbocycles. The fourth-order valence-corrected chi connectivity index (χ4v) is 2.59. The first-order chi connectivity index (χ1) is 10.7. The lowest BCUT2D eigenvalue weighted by Crippen LogP contribution is -2.14. The Labute approximate surface area is 129 Å². The average molecular weight is 293 g/mol. The zero-order valence-corrected chi connectivity index (χ0v) is 12.8. The number of aromatic nitrogens is 2. The first-order valence-electron chi connectivity index (χ1n) is 7.46. The molecule has 4 heteroatoms. The van der Waals surface area contributed by atoms with Crippen LogP contribution in [0.4, 0.5) is 5.69 Å². The molecular weight excluding hydrogens is 274 g/mol. The lowest BCUT2D eigenvalue weighted by Gasteiger charge is -2.05. The molecule has 3 aromatic rings. The molecule has 22 heavy (non-hydrogen) atoms. The quantitative estimate of drug-likeness (QED) is 0.799. The Morgan fingerprint density at radius 2 is 2.00 bits per heavy atom. The van der Waals surface area contributed by atoms with E-state index in [1.54, 1.807) is 6.20 Å². The van der Waals surface area contributed by atoms with Crippen molar-refractivity contribution in [1.82, 2.24) is 9.55 Å². The van der Waals surface area contributed by atoms with E-state index in [0.717, 1.165) is 28.8 Å². The molecule has 1 N–H and O–H groups in total. The number of nitrogens with zero attached hydrogens (tertiary/aromatic N) is 2. The van der Waals surface area contributed by atoms with Crippen LogP contribution in [-0.2, 0) is 17.8 Å². The van der Waals surface area contributed by atoms with Crippen LogP contribution in [0.5, 0.6) is 0 Å². The first kappa shape index (κ1) is 14.3. The molecule has 0 aliphatic carbocycles. The number of nitrogens with one attached hydrogen (secondary N) is 1. The number of fused-ring (bicyclic) bond motifs is 1. The zero-order chi connectivity index (χ0) is 15.5. The largest absolute Gasteiger partial charge is 0.332 e. The molecule has 0 saturated heterocycles. The van der Waals surface area contributed by atoms with Gasteiger partial charge in [0.15, 0.2) is 0 Å². The Balaban J connectivity index is 1.80. The van der Waals surface area contributed by atoms with Gasteiger partial charge < -0.3 is 9.88 Å². The van der Waals surface area contributed by atoms with Crippen LogP contribution in [0.25, 0.3) is 11.0 Å². The van der Waals surface area contributed by atoms with E-state index in [9.17, 15) is 4.79 Å². The molecule has 0 fully saturated rings. The van der Waals surface area contributed by atoms with Gasteiger partial charge in [-0.25, -0.2) is 4.98 Å². The molecule has 0 atom stereocenters. The summed E-state index contributed by atoms with van der Waals surface area (Å²) in [6, 6.07) is 11.7. The van der Waals surface area contributed by atoms with Crippen LogP contribution in [0.2, 0.25) is 0 Å². The van der Waals surface area contributed by atoms with Crippen LogP contribution in [-0.4, -0.2) is 15.5 Å². The number of pyridine rings is 1. The van der Waals surface area contributed by atoms with Crippen LogP contribution in [0.3, 0.4) is 0 Å². The van der Waals surface area contributed by atoms with E-state index in [0.29, 0.717) is 6.42 Å². The lowest BCUT2D eigenvalue weighted by molar-refractivity contribution is -0.115. The van der Waals surface area contributed by atoms with Gasteiger partial charge in [0.2, 0.25) is 5.91 Å². The molecule has 3 rings (SSSR count). The highest BCUT2D eigenvalue weighted by Gasteiger charge is 2.12. The number of hydrogen-bond donors (Lipinski definition) is 1. The first-order valence-corrected chi connectivity index (χ1v) is 7.46. The summed E-state index contributed by atoms with van der Waals surface area (Å²) in [4.78, 5) is 16.7. The van der Waals surface area contributed by atoms with Crippen molar-refractivity contribution < 1.29 is 4.79 Å². The van der Waals surface area contributed by atoms with Crippen LogP contribution in [0.1, 0.15) is 18.1 Å². The summed E-state index contributed by atoms with van der Waals surface area (Å²) in [5.74, 6) is -0.0112. The molecule has 0 saturated carbocycles. The number of carbonyl (C=O) groups is 1. The number of carbonyl (C=O) groups excluding carboxylic acids is 1. The summed E-state index contributed by atoms with van der Waals surface area (Å²) in [5, 5.41) is 3.99. The van der Waals surface area contributed by atoms with Gasteiger partial charge in [-0.3, -0.25) is 4.79 Å². The Morgan fingerprint density at radius 3 is 2.73 bits per heavy atom. The van der Waals surface area contributed by atoms with Crippen molar-refractivity contribution in [1.29, 1.82) is 0 Å². The summed E-state index contributed by atoms with van der Waals surface area (Å²) in [5.41, 5.74) is 3.95. The van der Waals surface area contributed by atoms with Gasteiger partial charge in [0.25, 0.3) is 0 Å². The van der Waals surface area contributed by atoms with Crippen molar-refractivity contribution in [3.05, 3.63) is 59.9 Å². The lowest BCUT2D eigenvalue weighted by atomic mass is 10.1. The fraction of sp³-hybridized carbons (Fsp3) is 0.222. The van der Waals surface area contributed by atoms with Crippen LogP contribution >= 0.6 is 0 Å². The van der Waals surface area contributed by atoms with Crippen LogP contribution in [0, 0.1) is 6.92 Å². The third kappa shape index (κ3) is 2.86. The number of hydrogen-bond acceptors (Lipinski definition) is 2. The van der Waals surface area contributed by atoms with Crippen molar-refractivity contribution in [2.45, 2.75) is 26.8 Å². The van der Waals surface area contributed by atoms with E-state index in [-0.39, 0.29) is 5.91 Å². The maximum absolute atomic E-state index is 12.3. The highest BCUT2D eigenvalue weighted by Crippen LogP contribution is 2.20. The second-order valence-corrected chi connectivity index (χ2v) is 5.41. The Morgan fingerprint density at radius 1 is 1.23 bits per heavy atom. The molecule has 0 unspecified atom stereocenters. The van der Waals surface area contributed by atoms with Gasteiger partial charge in [-0.2, -0.15) is 0 Å². The Kier molecular flexibility index (Phi) is 3.92. The van der Waals surface area contributed by atoms with Gasteiger partial charge >= 0.3 is 0 Å². The number of aryl methyl sites for hydroxylation is 2. The SMILES string of the molecule is CCn1cc(CC(=O)Nc2ccc(C)cc2)c2cccnc21. The summed E-state index contributed by atoms with van der Waals surface area (Å²) < 4.78 is 2.07. The second-order valence-electron chi connectivity index (χ2n) is 5.41. The van der Waals surface area contributed by atoms with E-state index < -0.39 is 0 Å². The third-order valence-electron chi connectivity index (χ3n) is 3.74. The minimum absolute atomic E-state index is 0.0112. The molecule has 0 radical (unpaired) electrons. The third-order valence-corrected chi connectivity index (χ3v) is 3.74. The molecule has 0 aliphatic rings. The highest BCUT2D eigenvalue weighted by atomic mass is 16.1. The smallest absolute Gasteiger partial charge is 0.228 e. The Bertz CT molecular complexity index is 803. The van der Waals surface area contributed by atoms with E-state index in [2.05, 4.69) is 21.8 Å². The molecular formula is C18H19N3O. The highest BCUT2D eigenvalue weighted by molar-refractivity contribution is 5.95. The summed E-state index contributed by atoms with van der Waals surface area (Å²) >= 11 is 0. The zero-order valence-electron chi connectivity index (χ0n) is 12.8. The fourth-order valence-electron chi connectivity index (χ4n) is 2.59. The van der Waals surface area contributed by atoms with Gasteiger partial charge in [0, 0.05) is 30.0 Å². The molecule has 4 nitrogen and oxygen atoms in total. The molecule has 2 aromatic heterocycles. The molecule has 0 bridgehead atoms. The van der Waals surface area contributed by atoms with Crippen LogP contribution in [0.15, 0.2) is 48.8 Å². The van der Waals surface area contributed by atoms with Crippen molar-refractivity contribution in [3.8, 4) is 0 Å². The Hall–Kier alpha value is -2.62. The number of benzene rings is 1. The number of anilines is 1. The molecule has 112 valence electrons. The van der Waals surface area contributed by atoms with Crippen molar-refractivity contribution in [3.63, 3.8) is 0 Å². The van der Waals surface area contributed by atoms with Gasteiger partial charge in [0.05, 0.1) is 6.42 Å². The minimum Gasteiger partial charge on any atom is -0.332 e. The van der Waals surface area contributed by atoms with E-state index >= 15 is 0 Å². The van der Waals surface area contributed by atoms with Gasteiger partial charge in [0.1, 0.15) is 5.65 Å². The second kappa shape index (κ2) is 6.02. The van der Waals surface area contributed by atoms with E-state index in [4.69, 9.17) is 0 Å². The number of amides is 1. The van der Waals surface area contributed by atoms with Gasteiger partial charge in [-0.05, 0) is 43.7 Å². The van der Waals surface area contributed by atoms with E-state index in [1.165, 1.54) is 5.56 Å². The van der Waals surface area contributed by atoms with Gasteiger partial charge in [-0.1, -0.05) is 17.7 Å². The summed E-state index contributed by atoms with van der Waals surface area (Å²) in [6.07, 6.45) is 4.15. The maximum Gasteiger partial charge on any atom is 0.228 e. The topological polar surface area (TPSA) is 46.9 Å². The molecule has 1 amide bonds. The van der Waals surface area contributed by atoms with Crippen LogP contribution < -0.4 is 5.32 Å². The predicted molar refractivity (Wildman–Crippen MR) is 88.9 cm³/mol. The number of rotatable bonds is 4. The van der Waals surface area contributed by atoms with Crippen molar-refractivity contribution >= 4 is 22.6 Å². The molecule has 0 aliphatic heterocycles. The molecule has 0 spiro atoms. The van der Waals surface area contributed by atoms with Crippen molar-refractivity contribution in [2.75, 3.05) is 5.32 Å². The average Bonchev–Trinajstić information content (AvgIpc) is 2.88. The summed E-state index contributed by atoms with van der Waals surface area (Å²) in [7, 11) is 0. The normalized spacial score (nSPS) is 10.8. The maximum atomic E-state index is 12.3. The van der Waals surface area contributed by atoms with Gasteiger partial charge in [-0.15, -0.1) is 0 Å². The standard InChI is InChI=1S/C18H19N3O/c1-3-21-12-14(16-5-4-10-19-18(16)21)11-17(22)20-15-8-6-13(2)7-9-15/h4-10,12H,3,11H2,1-2H3,(H,20,22). The minimum atomic E-state index is -0.0112. The van der Waals surface area contributed by atoms with Crippen molar-refractivity contribution in [2.24, 2.45) is 0 Å². The van der Waals surface area contributed by atoms with E-state index in [1.807, 2.05) is 49.5 Å².